The SMILES string of the molecule is O=c1[nH]c2cc(N3CCOCC3)c(F)cc2c(N[C@@H]2CN3CCC2CC3)c1-c1nc2ccccc2[nH]1. The minimum absolute atomic E-state index is 0.197. The summed E-state index contributed by atoms with van der Waals surface area (Å²) in [7, 11) is 0. The number of H-pyrrole nitrogens is 2. The molecule has 8 nitrogen and oxygen atoms in total. The van der Waals surface area contributed by atoms with Crippen LogP contribution in [0.1, 0.15) is 12.8 Å². The Bertz CT molecular complexity index is 1470. The maximum absolute atomic E-state index is 15.6. The minimum atomic E-state index is -0.302. The van der Waals surface area contributed by atoms with Gasteiger partial charge >= 0.3 is 0 Å². The molecule has 6 heterocycles. The fourth-order valence-electron chi connectivity index (χ4n) is 6.11. The fraction of sp³-hybridized carbons (Fsp3) is 0.407. The van der Waals surface area contributed by atoms with Crippen LogP contribution in [-0.2, 0) is 4.74 Å². The molecule has 4 aliphatic rings. The second-order valence-electron chi connectivity index (χ2n) is 10.1. The summed E-state index contributed by atoms with van der Waals surface area (Å²) in [6, 6.07) is 11.2. The van der Waals surface area contributed by atoms with E-state index in [2.05, 4.69) is 20.2 Å². The standard InChI is InChI=1S/C27H29FN6O2/c28-18-13-17-21(14-23(18)34-9-11-36-12-10-34)32-27(35)24(26-30-19-3-1-2-4-20(19)31-26)25(17)29-22-15-33-7-5-16(22)6-8-33/h1-4,13-14,16,22H,5-12,15H2,(H,30,31)(H2,29,32,35)/t22-/m1/s1. The van der Waals surface area contributed by atoms with Gasteiger partial charge in [-0.25, -0.2) is 9.37 Å². The van der Waals surface area contributed by atoms with E-state index < -0.39 is 0 Å². The number of nitrogens with one attached hydrogen (secondary N) is 3. The van der Waals surface area contributed by atoms with E-state index in [4.69, 9.17) is 9.72 Å². The van der Waals surface area contributed by atoms with Crippen molar-refractivity contribution in [2.75, 3.05) is 56.2 Å². The number of hydrogen-bond acceptors (Lipinski definition) is 6. The third kappa shape index (κ3) is 3.65. The van der Waals surface area contributed by atoms with Gasteiger partial charge in [0.15, 0.2) is 0 Å². The number of imidazole rings is 1. The molecule has 8 rings (SSSR count). The maximum atomic E-state index is 15.6. The van der Waals surface area contributed by atoms with Crippen LogP contribution in [0.25, 0.3) is 33.3 Å². The van der Waals surface area contributed by atoms with Crippen molar-refractivity contribution in [1.29, 1.82) is 0 Å². The van der Waals surface area contributed by atoms with E-state index in [0.717, 1.165) is 43.5 Å². The average molecular weight is 489 g/mol. The number of para-hydroxylation sites is 2. The van der Waals surface area contributed by atoms with Gasteiger partial charge in [-0.1, -0.05) is 12.1 Å². The molecule has 3 N–H and O–H groups in total. The molecule has 36 heavy (non-hydrogen) atoms. The molecule has 186 valence electrons. The van der Waals surface area contributed by atoms with Crippen LogP contribution >= 0.6 is 0 Å². The number of morpholine rings is 1. The van der Waals surface area contributed by atoms with Gasteiger partial charge in [-0.3, -0.25) is 4.79 Å². The number of aromatic nitrogens is 3. The molecular weight excluding hydrogens is 459 g/mol. The molecule has 1 atom stereocenters. The third-order valence-electron chi connectivity index (χ3n) is 8.05. The molecule has 4 aliphatic heterocycles. The summed E-state index contributed by atoms with van der Waals surface area (Å²) in [5, 5.41) is 4.37. The number of aromatic amines is 2. The van der Waals surface area contributed by atoms with Gasteiger partial charge in [-0.05, 0) is 56.1 Å². The van der Waals surface area contributed by atoms with Crippen molar-refractivity contribution in [1.82, 2.24) is 19.9 Å². The number of pyridine rings is 1. The van der Waals surface area contributed by atoms with E-state index in [1.165, 1.54) is 0 Å². The first-order valence-corrected chi connectivity index (χ1v) is 12.8. The Kier molecular flexibility index (Phi) is 5.21. The highest BCUT2D eigenvalue weighted by atomic mass is 19.1. The summed E-state index contributed by atoms with van der Waals surface area (Å²) in [4.78, 5) is 29.1. The molecule has 4 fully saturated rings. The number of ether oxygens (including phenoxy) is 1. The smallest absolute Gasteiger partial charge is 0.261 e. The summed E-state index contributed by atoms with van der Waals surface area (Å²) in [6.07, 6.45) is 2.27. The molecule has 0 amide bonds. The number of hydrogen-bond donors (Lipinski definition) is 3. The zero-order valence-electron chi connectivity index (χ0n) is 20.0. The van der Waals surface area contributed by atoms with Crippen molar-refractivity contribution < 1.29 is 9.13 Å². The van der Waals surface area contributed by atoms with Gasteiger partial charge in [0.2, 0.25) is 0 Å². The lowest BCUT2D eigenvalue weighted by atomic mass is 9.83. The van der Waals surface area contributed by atoms with Gasteiger partial charge in [0, 0.05) is 31.1 Å². The van der Waals surface area contributed by atoms with Crippen LogP contribution in [0.4, 0.5) is 15.8 Å². The highest BCUT2D eigenvalue weighted by molar-refractivity contribution is 6.00. The van der Waals surface area contributed by atoms with Gasteiger partial charge < -0.3 is 29.8 Å². The molecule has 0 aliphatic carbocycles. The van der Waals surface area contributed by atoms with Crippen molar-refractivity contribution in [3.05, 3.63) is 52.6 Å². The van der Waals surface area contributed by atoms with Crippen molar-refractivity contribution in [3.63, 3.8) is 0 Å². The summed E-state index contributed by atoms with van der Waals surface area (Å²) in [5.74, 6) is 0.718. The summed E-state index contributed by atoms with van der Waals surface area (Å²) in [5.41, 5.74) is 3.58. The van der Waals surface area contributed by atoms with Gasteiger partial charge in [-0.15, -0.1) is 0 Å². The average Bonchev–Trinajstić information content (AvgIpc) is 3.34. The number of rotatable bonds is 4. The first kappa shape index (κ1) is 21.8. The second kappa shape index (κ2) is 8.60. The van der Waals surface area contributed by atoms with Crippen LogP contribution in [0.3, 0.4) is 0 Å². The molecule has 0 radical (unpaired) electrons. The second-order valence-corrected chi connectivity index (χ2v) is 10.1. The predicted octanol–water partition coefficient (Wildman–Crippen LogP) is 3.55. The molecule has 2 bridgehead atoms. The monoisotopic (exact) mass is 488 g/mol. The van der Waals surface area contributed by atoms with E-state index in [-0.39, 0.29) is 17.4 Å². The molecule has 0 spiro atoms. The first-order valence-electron chi connectivity index (χ1n) is 12.8. The molecule has 9 heteroatoms. The van der Waals surface area contributed by atoms with Gasteiger partial charge in [0.05, 0.1) is 41.1 Å². The number of nitrogens with zero attached hydrogens (tertiary/aromatic N) is 3. The van der Waals surface area contributed by atoms with Gasteiger partial charge in [-0.2, -0.15) is 0 Å². The Hall–Kier alpha value is -3.43. The Labute approximate surface area is 207 Å². The van der Waals surface area contributed by atoms with E-state index >= 15 is 4.39 Å². The van der Waals surface area contributed by atoms with Crippen LogP contribution in [0.15, 0.2) is 41.2 Å². The van der Waals surface area contributed by atoms with Crippen LogP contribution in [0, 0.1) is 11.7 Å². The minimum Gasteiger partial charge on any atom is -0.379 e. The molecule has 0 unspecified atom stereocenters. The van der Waals surface area contributed by atoms with Crippen molar-refractivity contribution in [2.24, 2.45) is 5.92 Å². The number of benzene rings is 2. The number of halogens is 1. The largest absolute Gasteiger partial charge is 0.379 e. The van der Waals surface area contributed by atoms with Crippen LogP contribution in [0.2, 0.25) is 0 Å². The highest BCUT2D eigenvalue weighted by Gasteiger charge is 2.35. The number of piperidine rings is 3. The van der Waals surface area contributed by atoms with E-state index in [0.29, 0.717) is 65.9 Å². The van der Waals surface area contributed by atoms with E-state index in [9.17, 15) is 4.79 Å². The lowest BCUT2D eigenvalue weighted by molar-refractivity contribution is 0.0976. The fourth-order valence-corrected chi connectivity index (χ4v) is 6.11. The quantitative estimate of drug-likeness (QED) is 0.407. The third-order valence-corrected chi connectivity index (χ3v) is 8.05. The van der Waals surface area contributed by atoms with Crippen molar-refractivity contribution >= 4 is 33.3 Å². The Morgan fingerprint density at radius 1 is 1.03 bits per heavy atom. The van der Waals surface area contributed by atoms with Gasteiger partial charge in [0.25, 0.3) is 5.56 Å². The highest BCUT2D eigenvalue weighted by Crippen LogP contribution is 2.37. The zero-order valence-corrected chi connectivity index (χ0v) is 20.0. The molecule has 4 saturated heterocycles. The lowest BCUT2D eigenvalue weighted by Gasteiger charge is -2.45. The zero-order chi connectivity index (χ0) is 24.2. The maximum Gasteiger partial charge on any atom is 0.261 e. The van der Waals surface area contributed by atoms with Crippen LogP contribution in [0.5, 0.6) is 0 Å². The molecule has 2 aromatic heterocycles. The molecule has 0 saturated carbocycles. The Morgan fingerprint density at radius 3 is 2.58 bits per heavy atom. The Morgan fingerprint density at radius 2 is 1.83 bits per heavy atom. The summed E-state index contributed by atoms with van der Waals surface area (Å²) < 4.78 is 21.0. The van der Waals surface area contributed by atoms with Crippen LogP contribution < -0.4 is 15.8 Å². The summed E-state index contributed by atoms with van der Waals surface area (Å²) in [6.45, 7) is 5.52. The first-order chi connectivity index (χ1) is 17.6. The predicted molar refractivity (Wildman–Crippen MR) is 139 cm³/mol. The summed E-state index contributed by atoms with van der Waals surface area (Å²) >= 11 is 0. The number of fused-ring (bicyclic) bond motifs is 5. The molecule has 2 aromatic carbocycles. The molecular formula is C27H29FN6O2. The van der Waals surface area contributed by atoms with Crippen LogP contribution in [-0.4, -0.2) is 71.8 Å². The lowest BCUT2D eigenvalue weighted by Crippen LogP contribution is -2.53. The van der Waals surface area contributed by atoms with Gasteiger partial charge in [0.1, 0.15) is 17.2 Å². The van der Waals surface area contributed by atoms with E-state index in [1.54, 1.807) is 12.1 Å². The van der Waals surface area contributed by atoms with Crippen molar-refractivity contribution in [3.8, 4) is 11.4 Å². The Balaban J connectivity index is 1.41. The molecule has 4 aromatic rings. The normalized spacial score (nSPS) is 24.0. The van der Waals surface area contributed by atoms with E-state index in [1.807, 2.05) is 29.2 Å². The number of anilines is 2. The van der Waals surface area contributed by atoms with Crippen molar-refractivity contribution in [2.45, 2.75) is 18.9 Å². The topological polar surface area (TPSA) is 89.3 Å².